The second-order valence-corrected chi connectivity index (χ2v) is 6.17. The van der Waals surface area contributed by atoms with E-state index in [0.29, 0.717) is 12.2 Å². The van der Waals surface area contributed by atoms with E-state index in [0.717, 1.165) is 6.92 Å². The summed E-state index contributed by atoms with van der Waals surface area (Å²) in [6.45, 7) is 5.15. The third-order valence-corrected chi connectivity index (χ3v) is 3.20. The maximum absolute atomic E-state index is 13.4. The van der Waals surface area contributed by atoms with E-state index in [1.54, 1.807) is 5.32 Å². The number of alkyl carbamates (subject to hydrolysis) is 1. The van der Waals surface area contributed by atoms with Gasteiger partial charge < -0.3 is 19.5 Å². The van der Waals surface area contributed by atoms with E-state index in [1.807, 2.05) is 0 Å². The Kier molecular flexibility index (Phi) is 8.89. The molecule has 0 aromatic rings. The summed E-state index contributed by atoms with van der Waals surface area (Å²) in [5.41, 5.74) is -1.98. The van der Waals surface area contributed by atoms with Gasteiger partial charge in [0, 0.05) is 19.1 Å². The smallest absolute Gasteiger partial charge is 0.457 e. The van der Waals surface area contributed by atoms with Crippen LogP contribution in [0.2, 0.25) is 0 Å². The van der Waals surface area contributed by atoms with Gasteiger partial charge in [0.2, 0.25) is 6.10 Å². The van der Waals surface area contributed by atoms with Crippen LogP contribution in [0.5, 0.6) is 0 Å². The number of rotatable bonds is 10. The number of nitrogens with one attached hydrogen (secondary N) is 1. The molecule has 0 aliphatic carbocycles. The summed E-state index contributed by atoms with van der Waals surface area (Å²) in [5.74, 6) is -13.0. The van der Waals surface area contributed by atoms with Gasteiger partial charge in [-0.05, 0) is 6.92 Å². The Morgan fingerprint density at radius 1 is 0.900 bits per heavy atom. The Morgan fingerprint density at radius 3 is 1.60 bits per heavy atom. The van der Waals surface area contributed by atoms with E-state index in [9.17, 15) is 45.1 Å². The molecule has 30 heavy (non-hydrogen) atoms. The number of carbonyl (C=O) groups excluding carboxylic acids is 3. The number of halogens is 7. The van der Waals surface area contributed by atoms with Gasteiger partial charge in [0.05, 0.1) is 0 Å². The van der Waals surface area contributed by atoms with E-state index < -0.39 is 60.9 Å². The molecule has 0 saturated carbocycles. The van der Waals surface area contributed by atoms with Crippen LogP contribution in [0, 0.1) is 0 Å². The first-order valence-corrected chi connectivity index (χ1v) is 7.79. The molecule has 14 heteroatoms. The summed E-state index contributed by atoms with van der Waals surface area (Å²) in [7, 11) is 0. The Hall–Kier alpha value is -2.80. The van der Waals surface area contributed by atoms with Gasteiger partial charge in [-0.15, -0.1) is 0 Å². The van der Waals surface area contributed by atoms with Crippen molar-refractivity contribution in [2.24, 2.45) is 0 Å². The molecule has 0 radical (unpaired) electrons. The predicted octanol–water partition coefficient (Wildman–Crippen LogP) is 3.15. The van der Waals surface area contributed by atoms with Crippen LogP contribution in [0.25, 0.3) is 0 Å². The zero-order valence-corrected chi connectivity index (χ0v) is 15.7. The van der Waals surface area contributed by atoms with Crippen molar-refractivity contribution in [3.05, 3.63) is 25.3 Å². The lowest BCUT2D eigenvalue weighted by molar-refractivity contribution is -0.337. The quantitative estimate of drug-likeness (QED) is 0.237. The number of amides is 1. The molecule has 1 unspecified atom stereocenters. The van der Waals surface area contributed by atoms with Crippen LogP contribution in [0.4, 0.5) is 35.5 Å². The predicted molar refractivity (Wildman–Crippen MR) is 85.7 cm³/mol. The molecule has 1 atom stereocenters. The van der Waals surface area contributed by atoms with Crippen molar-refractivity contribution in [3.63, 3.8) is 0 Å². The van der Waals surface area contributed by atoms with Gasteiger partial charge in [0.25, 0.3) is 5.92 Å². The fraction of sp³-hybridized carbons (Fsp3) is 0.562. The molecule has 1 N–H and O–H groups in total. The highest BCUT2D eigenvalue weighted by Gasteiger charge is 2.70. The monoisotopic (exact) mass is 453 g/mol. The fourth-order valence-corrected chi connectivity index (χ4v) is 1.72. The second-order valence-electron chi connectivity index (χ2n) is 6.17. The molecule has 0 aromatic carbocycles. The molecule has 0 spiro atoms. The molecule has 172 valence electrons. The van der Waals surface area contributed by atoms with Gasteiger partial charge in [0.1, 0.15) is 18.8 Å². The van der Waals surface area contributed by atoms with Crippen LogP contribution >= 0.6 is 0 Å². The lowest BCUT2D eigenvalue weighted by Crippen LogP contribution is -2.59. The van der Waals surface area contributed by atoms with E-state index >= 15 is 0 Å². The van der Waals surface area contributed by atoms with Gasteiger partial charge in [-0.2, -0.15) is 22.0 Å². The fourth-order valence-electron chi connectivity index (χ4n) is 1.72. The number of carbonyl (C=O) groups is 3. The largest absolute Gasteiger partial charge is 0.460 e. The number of alkyl halides is 7. The number of esters is 2. The molecule has 1 amide bonds. The minimum absolute atomic E-state index is 0.304. The Bertz CT molecular complexity index is 648. The zero-order valence-electron chi connectivity index (χ0n) is 15.7. The van der Waals surface area contributed by atoms with E-state index in [2.05, 4.69) is 27.4 Å². The first-order chi connectivity index (χ1) is 13.4. The van der Waals surface area contributed by atoms with Crippen LogP contribution in [0.1, 0.15) is 13.8 Å². The van der Waals surface area contributed by atoms with Crippen LogP contribution in [-0.4, -0.2) is 60.9 Å². The maximum Gasteiger partial charge on any atom is 0.457 e. The van der Waals surface area contributed by atoms with Crippen LogP contribution in [0.15, 0.2) is 25.3 Å². The van der Waals surface area contributed by atoms with Crippen molar-refractivity contribution in [2.75, 3.05) is 13.2 Å². The van der Waals surface area contributed by atoms with Crippen molar-refractivity contribution in [1.82, 2.24) is 5.32 Å². The molecule has 0 aromatic heterocycles. The first kappa shape index (κ1) is 27.2. The molecule has 0 aliphatic rings. The average molecular weight is 453 g/mol. The Morgan fingerprint density at radius 2 is 1.30 bits per heavy atom. The van der Waals surface area contributed by atoms with E-state index in [-0.39, 0.29) is 6.92 Å². The van der Waals surface area contributed by atoms with Gasteiger partial charge in [-0.3, -0.25) is 0 Å². The van der Waals surface area contributed by atoms with Gasteiger partial charge in [-0.25, -0.2) is 23.2 Å². The van der Waals surface area contributed by atoms with Crippen molar-refractivity contribution in [2.45, 2.75) is 43.5 Å². The molecular weight excluding hydrogens is 435 g/mol. The topological polar surface area (TPSA) is 90.9 Å². The molecule has 0 bridgehead atoms. The number of hydrogen-bond donors (Lipinski definition) is 1. The number of hydrogen-bond acceptors (Lipinski definition) is 6. The van der Waals surface area contributed by atoms with E-state index in [4.69, 9.17) is 0 Å². The third-order valence-electron chi connectivity index (χ3n) is 3.20. The minimum atomic E-state index is -6.46. The summed E-state index contributed by atoms with van der Waals surface area (Å²) in [6, 6.07) is 0. The molecule has 0 rings (SSSR count). The minimum Gasteiger partial charge on any atom is -0.460 e. The summed E-state index contributed by atoms with van der Waals surface area (Å²) < 4.78 is 104. The van der Waals surface area contributed by atoms with Crippen molar-refractivity contribution in [1.29, 1.82) is 0 Å². The van der Waals surface area contributed by atoms with Gasteiger partial charge in [0.15, 0.2) is 0 Å². The van der Waals surface area contributed by atoms with Gasteiger partial charge >= 0.3 is 30.1 Å². The van der Waals surface area contributed by atoms with Crippen molar-refractivity contribution in [3.8, 4) is 0 Å². The van der Waals surface area contributed by atoms with Crippen LogP contribution in [0.3, 0.4) is 0 Å². The Labute approximate surface area is 165 Å². The van der Waals surface area contributed by atoms with E-state index in [1.165, 1.54) is 0 Å². The molecular formula is C16H18F7NO6. The lowest BCUT2D eigenvalue weighted by atomic mass is 10.1. The maximum atomic E-state index is 13.4. The highest BCUT2D eigenvalue weighted by atomic mass is 19.4. The van der Waals surface area contributed by atoms with Crippen molar-refractivity contribution >= 4 is 18.0 Å². The lowest BCUT2D eigenvalue weighted by Gasteiger charge is -2.34. The zero-order chi connectivity index (χ0) is 24.0. The highest BCUT2D eigenvalue weighted by Crippen LogP contribution is 2.44. The standard InChI is InChI=1S/C16H18F7NO6/c1-5-9(25)28-7-13(3,8-29-10(26)6-2)24-12(27)30-11(14(4,17)18)15(19,20)16(21,22)23/h5-6,11H,1-2,7-8H2,3-4H3,(H,24,27). The summed E-state index contributed by atoms with van der Waals surface area (Å²) >= 11 is 0. The first-order valence-electron chi connectivity index (χ1n) is 7.79. The number of ether oxygens (including phenoxy) is 3. The third kappa shape index (κ3) is 7.91. The van der Waals surface area contributed by atoms with Crippen LogP contribution < -0.4 is 5.32 Å². The normalized spacial score (nSPS) is 13.6. The molecule has 0 fully saturated rings. The SMILES string of the molecule is C=CC(=O)OCC(C)(COC(=O)C=C)NC(=O)OC(C(C)(F)F)C(F)(F)C(F)(F)F. The molecule has 0 saturated heterocycles. The van der Waals surface area contributed by atoms with Crippen LogP contribution in [-0.2, 0) is 23.8 Å². The molecule has 0 heterocycles. The Balaban J connectivity index is 5.61. The second kappa shape index (κ2) is 9.80. The van der Waals surface area contributed by atoms with Gasteiger partial charge in [-0.1, -0.05) is 13.2 Å². The van der Waals surface area contributed by atoms with Crippen molar-refractivity contribution < 1.29 is 59.3 Å². The molecule has 7 nitrogen and oxygen atoms in total. The summed E-state index contributed by atoms with van der Waals surface area (Å²) in [6.07, 6.45) is -11.5. The summed E-state index contributed by atoms with van der Waals surface area (Å²) in [4.78, 5) is 34.1. The highest BCUT2D eigenvalue weighted by molar-refractivity contribution is 5.82. The molecule has 0 aliphatic heterocycles. The average Bonchev–Trinajstić information content (AvgIpc) is 2.60. The summed E-state index contributed by atoms with van der Waals surface area (Å²) in [5, 5.41) is 1.66.